The minimum atomic E-state index is -1.19. The number of aromatic amines is 1. The van der Waals surface area contributed by atoms with E-state index < -0.39 is 53.8 Å². The van der Waals surface area contributed by atoms with Gasteiger partial charge in [0, 0.05) is 24.7 Å². The number of carbonyl (C=O) groups excluding carboxylic acids is 4. The number of hydrogen-bond acceptors (Lipinski definition) is 8. The molecule has 14 heteroatoms. The number of aromatic nitrogens is 2. The molecule has 9 N–H and O–H groups in total. The summed E-state index contributed by atoms with van der Waals surface area (Å²) in [7, 11) is 0. The van der Waals surface area contributed by atoms with Gasteiger partial charge in [-0.25, -0.2) is 9.78 Å². The van der Waals surface area contributed by atoms with E-state index in [2.05, 4.69) is 25.9 Å². The van der Waals surface area contributed by atoms with Gasteiger partial charge in [0.1, 0.15) is 18.1 Å². The van der Waals surface area contributed by atoms with E-state index in [1.54, 1.807) is 0 Å². The number of nitrogens with zero attached hydrogens (tertiary/aromatic N) is 1. The molecule has 184 valence electrons. The van der Waals surface area contributed by atoms with Crippen molar-refractivity contribution in [3.63, 3.8) is 0 Å². The Balaban J connectivity index is 2.75. The first-order valence-electron chi connectivity index (χ1n) is 10.2. The summed E-state index contributed by atoms with van der Waals surface area (Å²) >= 11 is 1.44. The third-order valence-electron chi connectivity index (χ3n) is 4.62. The number of imidazole rings is 1. The van der Waals surface area contributed by atoms with Gasteiger partial charge in [-0.05, 0) is 31.8 Å². The van der Waals surface area contributed by atoms with Gasteiger partial charge in [-0.15, -0.1) is 0 Å². The molecule has 0 saturated carbocycles. The monoisotopic (exact) mass is 485 g/mol. The summed E-state index contributed by atoms with van der Waals surface area (Å²) in [5.74, 6) is -3.42. The number of carbonyl (C=O) groups is 5. The van der Waals surface area contributed by atoms with Crippen molar-refractivity contribution in [1.29, 1.82) is 0 Å². The maximum atomic E-state index is 12.7. The first-order valence-corrected chi connectivity index (χ1v) is 11.6. The van der Waals surface area contributed by atoms with Crippen molar-refractivity contribution in [1.82, 2.24) is 25.9 Å². The zero-order valence-corrected chi connectivity index (χ0v) is 19.3. The number of hydrogen-bond donors (Lipinski definition) is 7. The van der Waals surface area contributed by atoms with E-state index in [4.69, 9.17) is 11.5 Å². The number of primary amides is 1. The van der Waals surface area contributed by atoms with Gasteiger partial charge in [0.25, 0.3) is 0 Å². The van der Waals surface area contributed by atoms with Crippen LogP contribution in [0.5, 0.6) is 0 Å². The van der Waals surface area contributed by atoms with E-state index in [-0.39, 0.29) is 25.7 Å². The number of carboxylic acids is 1. The third kappa shape index (κ3) is 10.4. The molecule has 13 nitrogen and oxygen atoms in total. The highest BCUT2D eigenvalue weighted by molar-refractivity contribution is 7.98. The first kappa shape index (κ1) is 27.9. The fourth-order valence-electron chi connectivity index (χ4n) is 2.73. The Morgan fingerprint density at radius 3 is 2.30 bits per heavy atom. The van der Waals surface area contributed by atoms with Crippen LogP contribution in [0.1, 0.15) is 31.9 Å². The van der Waals surface area contributed by atoms with Crippen LogP contribution in [0.2, 0.25) is 0 Å². The highest BCUT2D eigenvalue weighted by Gasteiger charge is 2.28. The van der Waals surface area contributed by atoms with Gasteiger partial charge >= 0.3 is 5.97 Å². The molecular weight excluding hydrogens is 454 g/mol. The Morgan fingerprint density at radius 1 is 1.09 bits per heavy atom. The lowest BCUT2D eigenvalue weighted by atomic mass is 10.1. The molecule has 0 aliphatic rings. The number of aliphatic carboxylic acids is 1. The summed E-state index contributed by atoms with van der Waals surface area (Å²) < 4.78 is 0. The van der Waals surface area contributed by atoms with Gasteiger partial charge in [0.15, 0.2) is 0 Å². The van der Waals surface area contributed by atoms with Gasteiger partial charge in [-0.2, -0.15) is 11.8 Å². The van der Waals surface area contributed by atoms with Crippen LogP contribution in [0, 0.1) is 0 Å². The van der Waals surface area contributed by atoms with Crippen LogP contribution in [0.25, 0.3) is 0 Å². The molecule has 0 aromatic carbocycles. The Bertz CT molecular complexity index is 820. The maximum Gasteiger partial charge on any atom is 0.326 e. The van der Waals surface area contributed by atoms with Gasteiger partial charge in [-0.1, -0.05) is 0 Å². The number of H-pyrrole nitrogens is 1. The average molecular weight is 486 g/mol. The van der Waals surface area contributed by atoms with Crippen LogP contribution in [0.3, 0.4) is 0 Å². The van der Waals surface area contributed by atoms with Crippen LogP contribution in [0.15, 0.2) is 12.5 Å². The zero-order chi connectivity index (χ0) is 25.0. The minimum absolute atomic E-state index is 0.108. The number of thioether (sulfide) groups is 1. The Morgan fingerprint density at radius 2 is 1.76 bits per heavy atom. The summed E-state index contributed by atoms with van der Waals surface area (Å²) in [6, 6.07) is -4.38. The van der Waals surface area contributed by atoms with Crippen LogP contribution >= 0.6 is 11.8 Å². The van der Waals surface area contributed by atoms with E-state index in [0.29, 0.717) is 11.4 Å². The van der Waals surface area contributed by atoms with E-state index >= 15 is 0 Å². The van der Waals surface area contributed by atoms with Crippen LogP contribution < -0.4 is 27.4 Å². The number of nitrogens with one attached hydrogen (secondary N) is 4. The van der Waals surface area contributed by atoms with Crippen molar-refractivity contribution in [2.75, 3.05) is 12.0 Å². The largest absolute Gasteiger partial charge is 0.480 e. The Hall–Kier alpha value is -3.13. The quantitative estimate of drug-likeness (QED) is 0.144. The molecule has 1 aromatic rings. The van der Waals surface area contributed by atoms with Crippen LogP contribution in [-0.4, -0.2) is 80.8 Å². The normalized spacial score (nSPS) is 14.4. The summed E-state index contributed by atoms with van der Waals surface area (Å²) in [6.07, 6.45) is 4.81. The number of rotatable bonds is 15. The van der Waals surface area contributed by atoms with E-state index in [0.717, 1.165) is 0 Å². The summed E-state index contributed by atoms with van der Waals surface area (Å²) in [5, 5.41) is 16.5. The lowest BCUT2D eigenvalue weighted by molar-refractivity contribution is -0.142. The molecule has 0 spiro atoms. The molecule has 0 fully saturated rings. The molecule has 1 rings (SSSR count). The van der Waals surface area contributed by atoms with Gasteiger partial charge in [0.05, 0.1) is 12.4 Å². The van der Waals surface area contributed by atoms with Crippen molar-refractivity contribution in [2.24, 2.45) is 11.5 Å². The molecule has 0 saturated heterocycles. The highest BCUT2D eigenvalue weighted by Crippen LogP contribution is 2.04. The average Bonchev–Trinajstić information content (AvgIpc) is 3.26. The second-order valence-corrected chi connectivity index (χ2v) is 8.35. The van der Waals surface area contributed by atoms with Crippen LogP contribution in [0.4, 0.5) is 0 Å². The lowest BCUT2D eigenvalue weighted by Crippen LogP contribution is -2.56. The highest BCUT2D eigenvalue weighted by atomic mass is 32.2. The minimum Gasteiger partial charge on any atom is -0.480 e. The second kappa shape index (κ2) is 14.1. The predicted octanol–water partition coefficient (Wildman–Crippen LogP) is -2.14. The molecule has 0 radical (unpaired) electrons. The number of amides is 4. The molecule has 1 heterocycles. The smallest absolute Gasteiger partial charge is 0.326 e. The molecule has 4 amide bonds. The first-order chi connectivity index (χ1) is 15.5. The molecule has 33 heavy (non-hydrogen) atoms. The standard InChI is InChI=1S/C19H31N7O6S/c1-10(16(28)26-14(19(31)32)5-6-33-2)24-18(30)13(3-4-15(21)27)25-17(29)12(20)7-11-8-22-9-23-11/h8-10,12-14H,3-7,20H2,1-2H3,(H2,21,27)(H,22,23)(H,24,30)(H,25,29)(H,26,28)(H,31,32). The molecule has 0 aliphatic heterocycles. The van der Waals surface area contributed by atoms with Crippen molar-refractivity contribution in [3.05, 3.63) is 18.2 Å². The molecule has 4 unspecified atom stereocenters. The van der Waals surface area contributed by atoms with Crippen molar-refractivity contribution < 1.29 is 29.1 Å². The Labute approximate surface area is 195 Å². The van der Waals surface area contributed by atoms with Crippen LogP contribution in [-0.2, 0) is 30.4 Å². The second-order valence-electron chi connectivity index (χ2n) is 7.36. The van der Waals surface area contributed by atoms with Crippen molar-refractivity contribution in [2.45, 2.75) is 56.8 Å². The van der Waals surface area contributed by atoms with Crippen molar-refractivity contribution in [3.8, 4) is 0 Å². The molecule has 1 aromatic heterocycles. The fraction of sp³-hybridized carbons (Fsp3) is 0.579. The third-order valence-corrected chi connectivity index (χ3v) is 5.27. The van der Waals surface area contributed by atoms with E-state index in [1.165, 1.54) is 31.2 Å². The molecule has 0 aliphatic carbocycles. The molecule has 4 atom stereocenters. The summed E-state index contributed by atoms with van der Waals surface area (Å²) in [4.78, 5) is 66.7. The van der Waals surface area contributed by atoms with Gasteiger partial charge in [-0.3, -0.25) is 19.2 Å². The van der Waals surface area contributed by atoms with E-state index in [9.17, 15) is 29.1 Å². The Kier molecular flexibility index (Phi) is 11.9. The fourth-order valence-corrected chi connectivity index (χ4v) is 3.20. The van der Waals surface area contributed by atoms with Crippen molar-refractivity contribution >= 4 is 41.4 Å². The number of nitrogens with two attached hydrogens (primary N) is 2. The number of carboxylic acid groups (broad SMARTS) is 1. The molecule has 0 bridgehead atoms. The summed E-state index contributed by atoms with van der Waals surface area (Å²) in [6.45, 7) is 1.37. The summed E-state index contributed by atoms with van der Waals surface area (Å²) in [5.41, 5.74) is 11.7. The zero-order valence-electron chi connectivity index (χ0n) is 18.5. The van der Waals surface area contributed by atoms with Gasteiger partial charge < -0.3 is 37.5 Å². The maximum absolute atomic E-state index is 12.7. The topological polar surface area (TPSA) is 222 Å². The SMILES string of the molecule is CSCCC(NC(=O)C(C)NC(=O)C(CCC(N)=O)NC(=O)C(N)Cc1cnc[nH]1)C(=O)O. The molecular formula is C19H31N7O6S. The van der Waals surface area contributed by atoms with E-state index in [1.807, 2.05) is 6.26 Å². The van der Waals surface area contributed by atoms with Gasteiger partial charge in [0.2, 0.25) is 23.6 Å². The predicted molar refractivity (Wildman–Crippen MR) is 121 cm³/mol. The lowest BCUT2D eigenvalue weighted by Gasteiger charge is -2.23.